The van der Waals surface area contributed by atoms with Gasteiger partial charge in [0.15, 0.2) is 0 Å². The van der Waals surface area contributed by atoms with Crippen molar-refractivity contribution in [3.63, 3.8) is 0 Å². The molecule has 0 fully saturated rings. The van der Waals surface area contributed by atoms with Crippen molar-refractivity contribution in [3.05, 3.63) is 29.8 Å². The molecule has 2 rings (SSSR count). The van der Waals surface area contributed by atoms with E-state index >= 15 is 0 Å². The summed E-state index contributed by atoms with van der Waals surface area (Å²) in [4.78, 5) is 24.0. The highest BCUT2D eigenvalue weighted by atomic mass is 16.3. The standard InChI is InChI=1S/C13H15NO3/c1-2-3-8-13(17)11(15)9-6-4-5-7-10(9)14-12(13)16/h4-7,17H,2-3,8H2,1H3,(H,14,16)/t13-/m0/s1. The molecule has 1 atom stereocenters. The quantitative estimate of drug-likeness (QED) is 0.781. The molecular weight excluding hydrogens is 218 g/mol. The van der Waals surface area contributed by atoms with Crippen molar-refractivity contribution >= 4 is 17.4 Å². The lowest BCUT2D eigenvalue weighted by atomic mass is 9.83. The second-order valence-corrected chi connectivity index (χ2v) is 4.29. The van der Waals surface area contributed by atoms with Gasteiger partial charge < -0.3 is 10.4 Å². The van der Waals surface area contributed by atoms with Crippen LogP contribution in [0.15, 0.2) is 24.3 Å². The smallest absolute Gasteiger partial charge is 0.264 e. The van der Waals surface area contributed by atoms with Gasteiger partial charge in [-0.1, -0.05) is 25.5 Å². The van der Waals surface area contributed by atoms with Gasteiger partial charge in [-0.25, -0.2) is 0 Å². The van der Waals surface area contributed by atoms with Crippen LogP contribution in [0.25, 0.3) is 0 Å². The molecule has 17 heavy (non-hydrogen) atoms. The van der Waals surface area contributed by atoms with Crippen molar-refractivity contribution in [2.75, 3.05) is 5.32 Å². The Morgan fingerprint density at radius 3 is 2.71 bits per heavy atom. The van der Waals surface area contributed by atoms with E-state index in [2.05, 4.69) is 5.32 Å². The molecule has 1 aromatic rings. The first-order valence-corrected chi connectivity index (χ1v) is 5.77. The van der Waals surface area contributed by atoms with Crippen LogP contribution in [0, 0.1) is 0 Å². The Morgan fingerprint density at radius 2 is 2.00 bits per heavy atom. The maximum atomic E-state index is 12.1. The molecule has 0 saturated heterocycles. The minimum absolute atomic E-state index is 0.169. The highest BCUT2D eigenvalue weighted by Crippen LogP contribution is 2.30. The Labute approximate surface area is 99.6 Å². The van der Waals surface area contributed by atoms with Gasteiger partial charge in [-0.05, 0) is 25.0 Å². The van der Waals surface area contributed by atoms with Gasteiger partial charge in [-0.15, -0.1) is 0 Å². The lowest BCUT2D eigenvalue weighted by Crippen LogP contribution is -2.53. The molecular formula is C13H15NO3. The van der Waals surface area contributed by atoms with Gasteiger partial charge in [0.2, 0.25) is 11.4 Å². The number of rotatable bonds is 3. The molecule has 0 aliphatic carbocycles. The Hall–Kier alpha value is -1.68. The third-order valence-corrected chi connectivity index (χ3v) is 3.06. The van der Waals surface area contributed by atoms with Crippen molar-refractivity contribution < 1.29 is 14.7 Å². The van der Waals surface area contributed by atoms with Gasteiger partial charge in [0, 0.05) is 5.56 Å². The summed E-state index contributed by atoms with van der Waals surface area (Å²) < 4.78 is 0. The van der Waals surface area contributed by atoms with Crippen LogP contribution in [0.5, 0.6) is 0 Å². The maximum absolute atomic E-state index is 12.1. The number of fused-ring (bicyclic) bond motifs is 1. The average molecular weight is 233 g/mol. The molecule has 0 unspecified atom stereocenters. The van der Waals surface area contributed by atoms with Crippen molar-refractivity contribution in [3.8, 4) is 0 Å². The van der Waals surface area contributed by atoms with Gasteiger partial charge in [-0.2, -0.15) is 0 Å². The molecule has 1 aliphatic rings. The van der Waals surface area contributed by atoms with Crippen LogP contribution >= 0.6 is 0 Å². The zero-order valence-electron chi connectivity index (χ0n) is 9.69. The van der Waals surface area contributed by atoms with E-state index in [9.17, 15) is 14.7 Å². The zero-order chi connectivity index (χ0) is 12.5. The first kappa shape index (κ1) is 11.8. The van der Waals surface area contributed by atoms with Crippen LogP contribution < -0.4 is 5.32 Å². The van der Waals surface area contributed by atoms with Gasteiger partial charge >= 0.3 is 0 Å². The predicted molar refractivity (Wildman–Crippen MR) is 63.9 cm³/mol. The number of hydrogen-bond donors (Lipinski definition) is 2. The molecule has 0 spiro atoms. The Morgan fingerprint density at radius 1 is 1.29 bits per heavy atom. The molecule has 2 N–H and O–H groups in total. The summed E-state index contributed by atoms with van der Waals surface area (Å²) in [5, 5.41) is 12.8. The molecule has 1 amide bonds. The largest absolute Gasteiger partial charge is 0.373 e. The van der Waals surface area contributed by atoms with Crippen LogP contribution in [0.1, 0.15) is 36.5 Å². The van der Waals surface area contributed by atoms with E-state index in [1.807, 2.05) is 6.92 Å². The Kier molecular flexibility index (Phi) is 2.98. The number of hydrogen-bond acceptors (Lipinski definition) is 3. The highest BCUT2D eigenvalue weighted by molar-refractivity contribution is 6.26. The second kappa shape index (κ2) is 4.30. The van der Waals surface area contributed by atoms with Crippen LogP contribution in [0.2, 0.25) is 0 Å². The second-order valence-electron chi connectivity index (χ2n) is 4.29. The fourth-order valence-corrected chi connectivity index (χ4v) is 2.00. The fourth-order valence-electron chi connectivity index (χ4n) is 2.00. The van der Waals surface area contributed by atoms with Crippen LogP contribution in [0.3, 0.4) is 0 Å². The molecule has 0 saturated carbocycles. The van der Waals surface area contributed by atoms with Crippen molar-refractivity contribution in [1.29, 1.82) is 0 Å². The molecule has 1 aromatic carbocycles. The van der Waals surface area contributed by atoms with E-state index in [1.54, 1.807) is 24.3 Å². The van der Waals surface area contributed by atoms with E-state index in [0.29, 0.717) is 17.7 Å². The van der Waals surface area contributed by atoms with E-state index in [1.165, 1.54) is 0 Å². The first-order chi connectivity index (χ1) is 8.09. The number of aliphatic hydroxyl groups is 1. The third kappa shape index (κ3) is 1.85. The molecule has 90 valence electrons. The zero-order valence-corrected chi connectivity index (χ0v) is 9.69. The number of nitrogens with one attached hydrogen (secondary N) is 1. The number of benzene rings is 1. The summed E-state index contributed by atoms with van der Waals surface area (Å²) in [6.07, 6.45) is 1.63. The van der Waals surface area contributed by atoms with Crippen molar-refractivity contribution in [1.82, 2.24) is 0 Å². The number of anilines is 1. The molecule has 0 radical (unpaired) electrons. The van der Waals surface area contributed by atoms with Gasteiger partial charge in [0.05, 0.1) is 5.69 Å². The Bertz CT molecular complexity index is 469. The highest BCUT2D eigenvalue weighted by Gasteiger charge is 2.47. The molecule has 4 nitrogen and oxygen atoms in total. The third-order valence-electron chi connectivity index (χ3n) is 3.06. The average Bonchev–Trinajstić information content (AvgIpc) is 2.34. The first-order valence-electron chi connectivity index (χ1n) is 5.77. The Balaban J connectivity index is 2.39. The molecule has 1 aliphatic heterocycles. The SMILES string of the molecule is CCCC[C@@]1(O)C(=O)Nc2ccccc2C1=O. The van der Waals surface area contributed by atoms with Crippen LogP contribution in [0.4, 0.5) is 5.69 Å². The minimum Gasteiger partial charge on any atom is -0.373 e. The maximum Gasteiger partial charge on any atom is 0.264 e. The van der Waals surface area contributed by atoms with E-state index in [-0.39, 0.29) is 6.42 Å². The summed E-state index contributed by atoms with van der Waals surface area (Å²) in [6, 6.07) is 6.73. The molecule has 0 bridgehead atoms. The van der Waals surface area contributed by atoms with Crippen molar-refractivity contribution in [2.24, 2.45) is 0 Å². The van der Waals surface area contributed by atoms with Gasteiger partial charge in [-0.3, -0.25) is 9.59 Å². The van der Waals surface area contributed by atoms with Crippen LogP contribution in [-0.4, -0.2) is 22.4 Å². The molecule has 4 heteroatoms. The molecule has 0 aromatic heterocycles. The lowest BCUT2D eigenvalue weighted by molar-refractivity contribution is -0.130. The van der Waals surface area contributed by atoms with Gasteiger partial charge in [0.1, 0.15) is 0 Å². The number of amides is 1. The van der Waals surface area contributed by atoms with E-state index in [0.717, 1.165) is 6.42 Å². The summed E-state index contributed by atoms with van der Waals surface area (Å²) in [5.74, 6) is -1.11. The van der Waals surface area contributed by atoms with Crippen LogP contribution in [-0.2, 0) is 4.79 Å². The van der Waals surface area contributed by atoms with Gasteiger partial charge in [0.25, 0.3) is 5.91 Å². The fraction of sp³-hybridized carbons (Fsp3) is 0.385. The summed E-state index contributed by atoms with van der Waals surface area (Å²) in [5.41, 5.74) is -1.04. The summed E-state index contributed by atoms with van der Waals surface area (Å²) in [6.45, 7) is 1.95. The number of carbonyl (C=O) groups is 2. The number of para-hydroxylation sites is 1. The minimum atomic E-state index is -1.90. The number of carbonyl (C=O) groups excluding carboxylic acids is 2. The molecule has 1 heterocycles. The topological polar surface area (TPSA) is 66.4 Å². The normalized spacial score (nSPS) is 23.2. The van der Waals surface area contributed by atoms with E-state index in [4.69, 9.17) is 0 Å². The summed E-state index contributed by atoms with van der Waals surface area (Å²) in [7, 11) is 0. The monoisotopic (exact) mass is 233 g/mol. The number of ketones is 1. The number of unbranched alkanes of at least 4 members (excludes halogenated alkanes) is 1. The van der Waals surface area contributed by atoms with Crippen molar-refractivity contribution in [2.45, 2.75) is 31.8 Å². The summed E-state index contributed by atoms with van der Waals surface area (Å²) >= 11 is 0. The predicted octanol–water partition coefficient (Wildman–Crippen LogP) is 1.74. The number of Topliss-reactive ketones (excluding diaryl/α,β-unsaturated/α-hetero) is 1. The van der Waals surface area contributed by atoms with E-state index < -0.39 is 17.3 Å². The lowest BCUT2D eigenvalue weighted by Gasteiger charge is -2.30.